The summed E-state index contributed by atoms with van der Waals surface area (Å²) in [6, 6.07) is 4.30. The lowest BCUT2D eigenvalue weighted by molar-refractivity contribution is -0.726. The standard InChI is InChI=1S/C20H25N6O9/c1-11(2)18(31)26(16(29)9-23,17(30)10-24)20(14(27)7-21,15(28)8-22)19(32)35-13-6-4-3-5-12(13)25(33)34/h3-6H,1,7-10,21-24H2,2H3/q+1. The van der Waals surface area contributed by atoms with Gasteiger partial charge in [0.2, 0.25) is 17.3 Å². The highest BCUT2D eigenvalue weighted by Crippen LogP contribution is 2.35. The fourth-order valence-corrected chi connectivity index (χ4v) is 3.51. The van der Waals surface area contributed by atoms with Crippen molar-refractivity contribution in [1.29, 1.82) is 0 Å². The van der Waals surface area contributed by atoms with E-state index in [9.17, 15) is 38.9 Å². The predicted octanol–water partition coefficient (Wildman–Crippen LogP) is -2.82. The number of carbonyl (C=O) groups excluding carboxylic acids is 6. The van der Waals surface area contributed by atoms with Crippen molar-refractivity contribution in [2.45, 2.75) is 12.5 Å². The molecule has 0 aliphatic heterocycles. The molecule has 0 spiro atoms. The molecule has 15 nitrogen and oxygen atoms in total. The Morgan fingerprint density at radius 3 is 1.77 bits per heavy atom. The molecule has 0 fully saturated rings. The Morgan fingerprint density at radius 2 is 1.40 bits per heavy atom. The van der Waals surface area contributed by atoms with Crippen molar-refractivity contribution in [3.05, 3.63) is 46.5 Å². The lowest BCUT2D eigenvalue weighted by Crippen LogP contribution is -2.84. The minimum absolute atomic E-state index is 0.550. The number of nitro groups is 1. The molecule has 0 unspecified atom stereocenters. The first kappa shape index (κ1) is 29.0. The molecule has 8 N–H and O–H groups in total. The summed E-state index contributed by atoms with van der Waals surface area (Å²) in [5.74, 6) is -10.8. The highest BCUT2D eigenvalue weighted by molar-refractivity contribution is 6.31. The summed E-state index contributed by atoms with van der Waals surface area (Å²) in [4.78, 5) is 90.4. The summed E-state index contributed by atoms with van der Waals surface area (Å²) in [6.07, 6.45) is 0. The number of nitrogens with zero attached hydrogens (tertiary/aromatic N) is 2. The van der Waals surface area contributed by atoms with Gasteiger partial charge in [-0.1, -0.05) is 18.7 Å². The number of nitrogens with two attached hydrogens (primary N) is 4. The molecule has 0 aliphatic carbocycles. The summed E-state index contributed by atoms with van der Waals surface area (Å²) in [7, 11) is 0. The summed E-state index contributed by atoms with van der Waals surface area (Å²) < 4.78 is 2.53. The Bertz CT molecular complexity index is 1080. The van der Waals surface area contributed by atoms with Gasteiger partial charge in [-0.25, -0.2) is 19.2 Å². The lowest BCUT2D eigenvalue weighted by atomic mass is 9.81. The molecule has 0 heterocycles. The van der Waals surface area contributed by atoms with E-state index < -0.39 is 93.4 Å². The van der Waals surface area contributed by atoms with Gasteiger partial charge in [0.05, 0.1) is 18.0 Å². The smallest absolute Gasteiger partial charge is 0.392 e. The van der Waals surface area contributed by atoms with Crippen LogP contribution in [0.5, 0.6) is 5.75 Å². The molecule has 3 amide bonds. The van der Waals surface area contributed by atoms with E-state index in [1.807, 2.05) is 0 Å². The molecule has 0 bridgehead atoms. The highest BCUT2D eigenvalue weighted by atomic mass is 16.6. The number of rotatable bonds is 11. The van der Waals surface area contributed by atoms with E-state index in [4.69, 9.17) is 27.7 Å². The Morgan fingerprint density at radius 1 is 0.943 bits per heavy atom. The third-order valence-electron chi connectivity index (χ3n) is 5.01. The quantitative estimate of drug-likeness (QED) is 0.0462. The zero-order chi connectivity index (χ0) is 27.1. The van der Waals surface area contributed by atoms with Crippen molar-refractivity contribution in [1.82, 2.24) is 0 Å². The summed E-state index contributed by atoms with van der Waals surface area (Å²) in [6.45, 7) is -0.246. The zero-order valence-corrected chi connectivity index (χ0v) is 18.7. The third kappa shape index (κ3) is 4.53. The van der Waals surface area contributed by atoms with Crippen molar-refractivity contribution < 1.29 is 42.9 Å². The fraction of sp³-hybridized carbons (Fsp3) is 0.300. The number of nitro benzene ring substituents is 1. The molecule has 0 atom stereocenters. The van der Waals surface area contributed by atoms with E-state index in [-0.39, 0.29) is 0 Å². The van der Waals surface area contributed by atoms with Gasteiger partial charge in [-0.3, -0.25) is 19.7 Å². The molecular weight excluding hydrogens is 468 g/mol. The maximum atomic E-state index is 13.6. The Balaban J connectivity index is 4.30. The predicted molar refractivity (Wildman–Crippen MR) is 118 cm³/mol. The van der Waals surface area contributed by atoms with Gasteiger partial charge in [0.1, 0.15) is 13.1 Å². The molecule has 35 heavy (non-hydrogen) atoms. The van der Waals surface area contributed by atoms with Gasteiger partial charge >= 0.3 is 34.9 Å². The Hall–Kier alpha value is -4.02. The van der Waals surface area contributed by atoms with E-state index in [1.165, 1.54) is 12.1 Å². The van der Waals surface area contributed by atoms with Crippen molar-refractivity contribution in [3.8, 4) is 5.75 Å². The van der Waals surface area contributed by atoms with Crippen LogP contribution in [0.3, 0.4) is 0 Å². The normalized spacial score (nSPS) is 11.3. The first-order valence-electron chi connectivity index (χ1n) is 9.84. The van der Waals surface area contributed by atoms with Gasteiger partial charge in [0, 0.05) is 11.6 Å². The van der Waals surface area contributed by atoms with Crippen LogP contribution in [0.25, 0.3) is 0 Å². The number of Topliss-reactive ketones (excluding diaryl/α,β-unsaturated/α-hetero) is 2. The second-order valence-electron chi connectivity index (χ2n) is 7.03. The first-order chi connectivity index (χ1) is 16.3. The van der Waals surface area contributed by atoms with E-state index in [1.54, 1.807) is 0 Å². The molecular formula is C20H25N6O9+. The fourth-order valence-electron chi connectivity index (χ4n) is 3.51. The van der Waals surface area contributed by atoms with Crippen molar-refractivity contribution in [3.63, 3.8) is 0 Å². The van der Waals surface area contributed by atoms with Crippen LogP contribution in [0.2, 0.25) is 0 Å². The average Bonchev–Trinajstić information content (AvgIpc) is 2.84. The lowest BCUT2D eigenvalue weighted by Gasteiger charge is -2.42. The summed E-state index contributed by atoms with van der Waals surface area (Å²) in [5.41, 5.74) is 16.7. The second kappa shape index (κ2) is 11.4. The maximum absolute atomic E-state index is 13.6. The number of amides is 3. The SMILES string of the molecule is C=C(C)C(=O)[N+](C(=O)CN)(C(=O)CN)C(C(=O)CN)(C(=O)CN)C(=O)Oc1ccccc1[N+](=O)[O-]. The maximum Gasteiger partial charge on any atom is 0.392 e. The number of ketones is 2. The number of quaternary nitrogens is 1. The van der Waals surface area contributed by atoms with Crippen LogP contribution in [0, 0.1) is 10.1 Å². The van der Waals surface area contributed by atoms with Crippen LogP contribution in [-0.2, 0) is 28.8 Å². The largest absolute Gasteiger partial charge is 0.414 e. The average molecular weight is 493 g/mol. The van der Waals surface area contributed by atoms with E-state index in [0.717, 1.165) is 19.1 Å². The number of ether oxygens (including phenoxy) is 1. The molecule has 15 heteroatoms. The van der Waals surface area contributed by atoms with Gasteiger partial charge < -0.3 is 27.7 Å². The topological polar surface area (TPSA) is 259 Å². The van der Waals surface area contributed by atoms with Crippen molar-refractivity contribution >= 4 is 40.9 Å². The van der Waals surface area contributed by atoms with Crippen LogP contribution in [-0.4, -0.2) is 76.4 Å². The molecule has 0 saturated heterocycles. The molecule has 0 aromatic heterocycles. The van der Waals surface area contributed by atoms with Gasteiger partial charge in [-0.15, -0.1) is 4.48 Å². The van der Waals surface area contributed by atoms with Gasteiger partial charge in [0.25, 0.3) is 0 Å². The zero-order valence-electron chi connectivity index (χ0n) is 18.7. The highest BCUT2D eigenvalue weighted by Gasteiger charge is 2.77. The van der Waals surface area contributed by atoms with Crippen molar-refractivity contribution in [2.75, 3.05) is 26.2 Å². The molecule has 1 aromatic carbocycles. The van der Waals surface area contributed by atoms with Gasteiger partial charge in [-0.05, 0) is 13.0 Å². The Labute approximate surface area is 198 Å². The number of para-hydroxylation sites is 2. The van der Waals surface area contributed by atoms with Crippen molar-refractivity contribution in [2.24, 2.45) is 22.9 Å². The van der Waals surface area contributed by atoms with E-state index in [0.29, 0.717) is 0 Å². The van der Waals surface area contributed by atoms with E-state index in [2.05, 4.69) is 6.58 Å². The number of hydrogen-bond donors (Lipinski definition) is 4. The van der Waals surface area contributed by atoms with E-state index >= 15 is 0 Å². The number of esters is 1. The first-order valence-corrected chi connectivity index (χ1v) is 9.84. The monoisotopic (exact) mass is 493 g/mol. The molecule has 0 saturated carbocycles. The molecule has 1 aromatic rings. The minimum Gasteiger partial charge on any atom is -0.414 e. The number of hydrogen-bond acceptors (Lipinski definition) is 13. The molecule has 188 valence electrons. The number of imide groups is 3. The van der Waals surface area contributed by atoms with Crippen LogP contribution >= 0.6 is 0 Å². The number of carbonyl (C=O) groups is 6. The van der Waals surface area contributed by atoms with Gasteiger partial charge in [0.15, 0.2) is 0 Å². The van der Waals surface area contributed by atoms with Crippen LogP contribution in [0.4, 0.5) is 5.69 Å². The molecule has 0 radical (unpaired) electrons. The van der Waals surface area contributed by atoms with Gasteiger partial charge in [-0.2, -0.15) is 0 Å². The molecule has 0 aliphatic rings. The van der Waals surface area contributed by atoms with Crippen LogP contribution < -0.4 is 27.7 Å². The third-order valence-corrected chi connectivity index (χ3v) is 5.01. The Kier molecular flexibility index (Phi) is 9.46. The second-order valence-corrected chi connectivity index (χ2v) is 7.03. The van der Waals surface area contributed by atoms with Crippen LogP contribution in [0.1, 0.15) is 6.92 Å². The summed E-state index contributed by atoms with van der Waals surface area (Å²) in [5, 5.41) is 11.4. The minimum atomic E-state index is -3.67. The molecule has 1 rings (SSSR count). The summed E-state index contributed by atoms with van der Waals surface area (Å²) >= 11 is 0. The van der Waals surface area contributed by atoms with Crippen LogP contribution in [0.15, 0.2) is 36.4 Å². The number of benzene rings is 1.